The highest BCUT2D eigenvalue weighted by atomic mass is 16.2. The molecule has 8 nitrogen and oxygen atoms in total. The van der Waals surface area contributed by atoms with Crippen LogP contribution >= 0.6 is 0 Å². The summed E-state index contributed by atoms with van der Waals surface area (Å²) in [5.74, 6) is 0.725. The maximum Gasteiger partial charge on any atom is 0.256 e. The van der Waals surface area contributed by atoms with Gasteiger partial charge in [-0.25, -0.2) is 9.50 Å². The molecule has 1 aliphatic rings. The van der Waals surface area contributed by atoms with E-state index < -0.39 is 0 Å². The van der Waals surface area contributed by atoms with Crippen molar-refractivity contribution in [3.05, 3.63) is 66.0 Å². The number of hydrogen-bond acceptors (Lipinski definition) is 5. The molecule has 0 aromatic carbocycles. The first-order chi connectivity index (χ1) is 13.2. The Morgan fingerprint density at radius 2 is 2.07 bits per heavy atom. The summed E-state index contributed by atoms with van der Waals surface area (Å²) in [6, 6.07) is 9.54. The number of pyridine rings is 2. The van der Waals surface area contributed by atoms with E-state index >= 15 is 0 Å². The topological polar surface area (TPSA) is 81.2 Å². The van der Waals surface area contributed by atoms with E-state index in [1.54, 1.807) is 21.6 Å². The molecule has 0 spiro atoms. The van der Waals surface area contributed by atoms with Crippen molar-refractivity contribution in [2.45, 2.75) is 13.0 Å². The van der Waals surface area contributed by atoms with Crippen molar-refractivity contribution in [3.63, 3.8) is 0 Å². The van der Waals surface area contributed by atoms with Gasteiger partial charge in [-0.2, -0.15) is 10.2 Å². The monoisotopic (exact) mass is 359 g/mol. The molecule has 5 rings (SSSR count). The first-order valence-corrected chi connectivity index (χ1v) is 8.76. The van der Waals surface area contributed by atoms with Gasteiger partial charge < -0.3 is 4.90 Å². The van der Waals surface area contributed by atoms with Crippen LogP contribution in [0.3, 0.4) is 0 Å². The van der Waals surface area contributed by atoms with Gasteiger partial charge in [0.2, 0.25) is 0 Å². The van der Waals surface area contributed by atoms with Gasteiger partial charge in [0, 0.05) is 44.2 Å². The summed E-state index contributed by atoms with van der Waals surface area (Å²) >= 11 is 0. The number of carbonyl (C=O) groups is 1. The van der Waals surface area contributed by atoms with Crippen molar-refractivity contribution in [3.8, 4) is 11.3 Å². The SMILES string of the molecule is Cn1nccc1-c1ccnc2c1C(=O)N(CCc1nc3ccccn3n1)C2. The predicted octanol–water partition coefficient (Wildman–Crippen LogP) is 1.72. The maximum absolute atomic E-state index is 13.0. The van der Waals surface area contributed by atoms with Crippen LogP contribution < -0.4 is 0 Å². The van der Waals surface area contributed by atoms with E-state index in [9.17, 15) is 4.79 Å². The minimum absolute atomic E-state index is 0.00179. The highest BCUT2D eigenvalue weighted by molar-refractivity contribution is 6.03. The molecule has 4 aromatic heterocycles. The largest absolute Gasteiger partial charge is 0.332 e. The minimum Gasteiger partial charge on any atom is -0.332 e. The van der Waals surface area contributed by atoms with Crippen molar-refractivity contribution < 1.29 is 4.79 Å². The maximum atomic E-state index is 13.0. The molecule has 0 fully saturated rings. The van der Waals surface area contributed by atoms with Crippen LogP contribution in [-0.2, 0) is 20.0 Å². The molecular formula is C19H17N7O. The Morgan fingerprint density at radius 1 is 1.15 bits per heavy atom. The molecule has 5 heterocycles. The van der Waals surface area contributed by atoms with E-state index in [4.69, 9.17) is 0 Å². The highest BCUT2D eigenvalue weighted by Crippen LogP contribution is 2.31. The van der Waals surface area contributed by atoms with Gasteiger partial charge in [-0.3, -0.25) is 14.5 Å². The van der Waals surface area contributed by atoms with Gasteiger partial charge >= 0.3 is 0 Å². The van der Waals surface area contributed by atoms with Crippen LogP contribution in [-0.4, -0.2) is 46.7 Å². The summed E-state index contributed by atoms with van der Waals surface area (Å²) in [6.07, 6.45) is 5.95. The molecule has 4 aromatic rings. The average molecular weight is 359 g/mol. The molecule has 0 radical (unpaired) electrons. The van der Waals surface area contributed by atoms with Gasteiger partial charge in [0.25, 0.3) is 5.91 Å². The van der Waals surface area contributed by atoms with Gasteiger partial charge in [0.05, 0.1) is 23.5 Å². The van der Waals surface area contributed by atoms with Crippen LogP contribution in [0.15, 0.2) is 48.9 Å². The molecule has 27 heavy (non-hydrogen) atoms. The summed E-state index contributed by atoms with van der Waals surface area (Å²) in [5, 5.41) is 8.67. The van der Waals surface area contributed by atoms with E-state index in [0.29, 0.717) is 25.1 Å². The Hall–Kier alpha value is -3.55. The lowest BCUT2D eigenvalue weighted by Gasteiger charge is -2.14. The Balaban J connectivity index is 1.39. The van der Waals surface area contributed by atoms with Crippen molar-refractivity contribution >= 4 is 11.6 Å². The first kappa shape index (κ1) is 15.7. The summed E-state index contributed by atoms with van der Waals surface area (Å²) in [5.41, 5.74) is 4.07. The molecule has 0 aliphatic carbocycles. The Kier molecular flexibility index (Phi) is 3.49. The first-order valence-electron chi connectivity index (χ1n) is 8.76. The number of hydrogen-bond donors (Lipinski definition) is 0. The van der Waals surface area contributed by atoms with Crippen LogP contribution in [0.1, 0.15) is 21.9 Å². The van der Waals surface area contributed by atoms with Crippen molar-refractivity contribution in [2.75, 3.05) is 6.54 Å². The van der Waals surface area contributed by atoms with Crippen LogP contribution in [0.4, 0.5) is 0 Å². The number of carbonyl (C=O) groups excluding carboxylic acids is 1. The third-order valence-electron chi connectivity index (χ3n) is 4.86. The van der Waals surface area contributed by atoms with Crippen LogP contribution in [0, 0.1) is 0 Å². The Labute approximate surface area is 155 Å². The third kappa shape index (κ3) is 2.57. The zero-order valence-electron chi connectivity index (χ0n) is 14.8. The smallest absolute Gasteiger partial charge is 0.256 e. The molecule has 0 N–H and O–H groups in total. The lowest BCUT2D eigenvalue weighted by Crippen LogP contribution is -2.26. The van der Waals surface area contributed by atoms with Crippen LogP contribution in [0.5, 0.6) is 0 Å². The Morgan fingerprint density at radius 3 is 2.89 bits per heavy atom. The van der Waals surface area contributed by atoms with E-state index in [0.717, 1.165) is 28.4 Å². The fourth-order valence-corrected chi connectivity index (χ4v) is 3.52. The lowest BCUT2D eigenvalue weighted by atomic mass is 10.1. The second kappa shape index (κ2) is 6.01. The summed E-state index contributed by atoms with van der Waals surface area (Å²) < 4.78 is 3.52. The number of nitrogens with zero attached hydrogens (tertiary/aromatic N) is 7. The molecule has 134 valence electrons. The normalized spacial score (nSPS) is 13.5. The second-order valence-electron chi connectivity index (χ2n) is 6.53. The number of rotatable bonds is 4. The predicted molar refractivity (Wildman–Crippen MR) is 97.9 cm³/mol. The molecule has 0 saturated heterocycles. The average Bonchev–Trinajstić information content (AvgIpc) is 3.37. The van der Waals surface area contributed by atoms with Gasteiger partial charge in [-0.05, 0) is 24.3 Å². The number of aromatic nitrogens is 6. The quantitative estimate of drug-likeness (QED) is 0.554. The zero-order chi connectivity index (χ0) is 18.4. The molecule has 0 saturated carbocycles. The van der Waals surface area contributed by atoms with E-state index in [1.165, 1.54) is 0 Å². The molecule has 1 amide bonds. The zero-order valence-corrected chi connectivity index (χ0v) is 14.8. The molecule has 0 bridgehead atoms. The summed E-state index contributed by atoms with van der Waals surface area (Å²) in [6.45, 7) is 1.06. The van der Waals surface area contributed by atoms with Crippen LogP contribution in [0.2, 0.25) is 0 Å². The van der Waals surface area contributed by atoms with Crippen molar-refractivity contribution in [2.24, 2.45) is 7.05 Å². The minimum atomic E-state index is -0.00179. The molecule has 0 atom stereocenters. The van der Waals surface area contributed by atoms with Gasteiger partial charge in [0.1, 0.15) is 0 Å². The fraction of sp³-hybridized carbons (Fsp3) is 0.211. The van der Waals surface area contributed by atoms with Crippen molar-refractivity contribution in [1.29, 1.82) is 0 Å². The van der Waals surface area contributed by atoms with Crippen molar-refractivity contribution in [1.82, 2.24) is 34.3 Å². The molecule has 0 unspecified atom stereocenters. The van der Waals surface area contributed by atoms with E-state index in [-0.39, 0.29) is 5.91 Å². The standard InChI is InChI=1S/C19H17N7O/c1-24-15(6-9-21-24)13-5-8-20-14-12-25(19(27)18(13)14)11-7-16-22-17-4-2-3-10-26(17)23-16/h2-6,8-10H,7,11-12H2,1H3. The third-order valence-corrected chi connectivity index (χ3v) is 4.86. The molecule has 1 aliphatic heterocycles. The summed E-state index contributed by atoms with van der Waals surface area (Å²) in [4.78, 5) is 23.8. The van der Waals surface area contributed by atoms with Gasteiger partial charge in [0.15, 0.2) is 11.5 Å². The highest BCUT2D eigenvalue weighted by Gasteiger charge is 2.32. The summed E-state index contributed by atoms with van der Waals surface area (Å²) in [7, 11) is 1.87. The number of fused-ring (bicyclic) bond motifs is 2. The number of aryl methyl sites for hydroxylation is 1. The van der Waals surface area contributed by atoms with E-state index in [1.807, 2.05) is 48.5 Å². The van der Waals surface area contributed by atoms with Gasteiger partial charge in [-0.1, -0.05) is 6.07 Å². The fourth-order valence-electron chi connectivity index (χ4n) is 3.52. The molecular weight excluding hydrogens is 342 g/mol. The van der Waals surface area contributed by atoms with Crippen LogP contribution in [0.25, 0.3) is 16.9 Å². The second-order valence-corrected chi connectivity index (χ2v) is 6.53. The Bertz CT molecular complexity index is 1130. The number of amides is 1. The lowest BCUT2D eigenvalue weighted by molar-refractivity contribution is 0.0780. The van der Waals surface area contributed by atoms with E-state index in [2.05, 4.69) is 20.2 Å². The molecule has 8 heteroatoms. The van der Waals surface area contributed by atoms with Gasteiger partial charge in [-0.15, -0.1) is 0 Å².